The standard InChI is InChI=1S/C17H27N3O2/c1-5-20(6-2)15-9-7-14(8-10-15)19-17(22)11-16(21)18-12-13(3)4/h7-10,13H,5-6,11-12H2,1-4H3,(H,18,21)(H,19,22). The lowest BCUT2D eigenvalue weighted by molar-refractivity contribution is -0.126. The summed E-state index contributed by atoms with van der Waals surface area (Å²) < 4.78 is 0. The molecular formula is C17H27N3O2. The van der Waals surface area contributed by atoms with Gasteiger partial charge < -0.3 is 15.5 Å². The molecule has 2 N–H and O–H groups in total. The van der Waals surface area contributed by atoms with E-state index in [4.69, 9.17) is 0 Å². The minimum atomic E-state index is -0.295. The summed E-state index contributed by atoms with van der Waals surface area (Å²) in [5.74, 6) is -0.164. The van der Waals surface area contributed by atoms with Gasteiger partial charge in [-0.2, -0.15) is 0 Å². The van der Waals surface area contributed by atoms with Gasteiger partial charge in [-0.05, 0) is 44.0 Å². The SMILES string of the molecule is CCN(CC)c1ccc(NC(=O)CC(=O)NCC(C)C)cc1. The van der Waals surface area contributed by atoms with E-state index in [-0.39, 0.29) is 18.2 Å². The van der Waals surface area contributed by atoms with Crippen LogP contribution in [-0.2, 0) is 9.59 Å². The fraction of sp³-hybridized carbons (Fsp3) is 0.529. The number of carbonyl (C=O) groups excluding carboxylic acids is 2. The van der Waals surface area contributed by atoms with Crippen LogP contribution in [0, 0.1) is 5.92 Å². The Hall–Kier alpha value is -2.04. The summed E-state index contributed by atoms with van der Waals surface area (Å²) in [5.41, 5.74) is 1.83. The Kier molecular flexibility index (Phi) is 7.43. The molecule has 0 aliphatic carbocycles. The average molecular weight is 305 g/mol. The number of amides is 2. The van der Waals surface area contributed by atoms with Crippen LogP contribution in [0.2, 0.25) is 0 Å². The molecule has 0 unspecified atom stereocenters. The van der Waals surface area contributed by atoms with Gasteiger partial charge in [-0.25, -0.2) is 0 Å². The van der Waals surface area contributed by atoms with E-state index in [9.17, 15) is 9.59 Å². The monoisotopic (exact) mass is 305 g/mol. The lowest BCUT2D eigenvalue weighted by Gasteiger charge is -2.21. The van der Waals surface area contributed by atoms with Crippen LogP contribution in [0.5, 0.6) is 0 Å². The van der Waals surface area contributed by atoms with Crippen molar-refractivity contribution in [3.05, 3.63) is 24.3 Å². The fourth-order valence-electron chi connectivity index (χ4n) is 2.08. The van der Waals surface area contributed by atoms with Gasteiger partial charge in [-0.3, -0.25) is 9.59 Å². The van der Waals surface area contributed by atoms with E-state index in [0.717, 1.165) is 18.8 Å². The van der Waals surface area contributed by atoms with Crippen LogP contribution in [0.3, 0.4) is 0 Å². The number of rotatable bonds is 8. The van der Waals surface area contributed by atoms with E-state index in [2.05, 4.69) is 29.4 Å². The molecule has 0 heterocycles. The molecule has 0 aliphatic heterocycles. The highest BCUT2D eigenvalue weighted by molar-refractivity contribution is 6.03. The third-order valence-electron chi connectivity index (χ3n) is 3.31. The number of hydrogen-bond acceptors (Lipinski definition) is 3. The summed E-state index contributed by atoms with van der Waals surface area (Å²) in [7, 11) is 0. The van der Waals surface area contributed by atoms with E-state index in [1.54, 1.807) is 0 Å². The highest BCUT2D eigenvalue weighted by atomic mass is 16.2. The Labute approximate surface area is 133 Å². The summed E-state index contributed by atoms with van der Waals surface area (Å²) in [6, 6.07) is 7.66. The maximum Gasteiger partial charge on any atom is 0.233 e. The summed E-state index contributed by atoms with van der Waals surface area (Å²) in [6.07, 6.45) is -0.148. The zero-order valence-corrected chi connectivity index (χ0v) is 14.0. The van der Waals surface area contributed by atoms with Crippen LogP contribution >= 0.6 is 0 Å². The van der Waals surface area contributed by atoms with Crippen LogP contribution in [-0.4, -0.2) is 31.4 Å². The van der Waals surface area contributed by atoms with Crippen molar-refractivity contribution in [2.45, 2.75) is 34.1 Å². The summed E-state index contributed by atoms with van der Waals surface area (Å²) in [6.45, 7) is 10.7. The Balaban J connectivity index is 2.49. The third kappa shape index (κ3) is 6.16. The molecule has 0 radical (unpaired) electrons. The van der Waals surface area contributed by atoms with E-state index < -0.39 is 0 Å². The van der Waals surface area contributed by atoms with Crippen LogP contribution in [0.1, 0.15) is 34.1 Å². The number of benzene rings is 1. The fourth-order valence-corrected chi connectivity index (χ4v) is 2.08. The van der Waals surface area contributed by atoms with E-state index in [0.29, 0.717) is 18.2 Å². The molecule has 0 fully saturated rings. The maximum absolute atomic E-state index is 11.8. The van der Waals surface area contributed by atoms with Gasteiger partial charge in [0.05, 0.1) is 0 Å². The van der Waals surface area contributed by atoms with Crippen molar-refractivity contribution < 1.29 is 9.59 Å². The molecule has 0 aromatic heterocycles. The second-order valence-electron chi connectivity index (χ2n) is 5.64. The molecule has 5 heteroatoms. The number of nitrogens with one attached hydrogen (secondary N) is 2. The minimum absolute atomic E-state index is 0.148. The maximum atomic E-state index is 11.8. The molecule has 0 saturated heterocycles. The highest BCUT2D eigenvalue weighted by Crippen LogP contribution is 2.17. The first-order valence-corrected chi connectivity index (χ1v) is 7.87. The Morgan fingerprint density at radius 3 is 2.14 bits per heavy atom. The first-order chi connectivity index (χ1) is 10.5. The predicted octanol–water partition coefficient (Wildman–Crippen LogP) is 2.63. The molecule has 22 heavy (non-hydrogen) atoms. The lowest BCUT2D eigenvalue weighted by atomic mass is 10.2. The Morgan fingerprint density at radius 2 is 1.64 bits per heavy atom. The van der Waals surface area contributed by atoms with Crippen molar-refractivity contribution in [2.75, 3.05) is 29.9 Å². The third-order valence-corrected chi connectivity index (χ3v) is 3.31. The molecule has 5 nitrogen and oxygen atoms in total. The van der Waals surface area contributed by atoms with Gasteiger partial charge in [0.1, 0.15) is 6.42 Å². The molecule has 0 aliphatic rings. The van der Waals surface area contributed by atoms with Crippen molar-refractivity contribution in [3.8, 4) is 0 Å². The summed E-state index contributed by atoms with van der Waals surface area (Å²) in [5, 5.41) is 5.48. The second kappa shape index (κ2) is 9.07. The largest absolute Gasteiger partial charge is 0.372 e. The van der Waals surface area contributed by atoms with Crippen LogP contribution in [0.25, 0.3) is 0 Å². The molecule has 0 bridgehead atoms. The average Bonchev–Trinajstić information content (AvgIpc) is 2.48. The molecule has 1 rings (SSSR count). The molecular weight excluding hydrogens is 278 g/mol. The predicted molar refractivity (Wildman–Crippen MR) is 91.1 cm³/mol. The van der Waals surface area contributed by atoms with Crippen LogP contribution in [0.15, 0.2) is 24.3 Å². The van der Waals surface area contributed by atoms with Gasteiger partial charge in [-0.1, -0.05) is 13.8 Å². The van der Waals surface area contributed by atoms with Gasteiger partial charge in [0.2, 0.25) is 11.8 Å². The normalized spacial score (nSPS) is 10.4. The van der Waals surface area contributed by atoms with Gasteiger partial charge in [0.25, 0.3) is 0 Å². The quantitative estimate of drug-likeness (QED) is 0.726. The molecule has 122 valence electrons. The molecule has 0 saturated carbocycles. The smallest absolute Gasteiger partial charge is 0.233 e. The van der Waals surface area contributed by atoms with Gasteiger partial charge in [0, 0.05) is 31.0 Å². The van der Waals surface area contributed by atoms with Gasteiger partial charge in [-0.15, -0.1) is 0 Å². The van der Waals surface area contributed by atoms with Crippen molar-refractivity contribution in [1.29, 1.82) is 0 Å². The molecule has 0 spiro atoms. The van der Waals surface area contributed by atoms with Crippen LogP contribution < -0.4 is 15.5 Å². The van der Waals surface area contributed by atoms with Gasteiger partial charge in [0.15, 0.2) is 0 Å². The summed E-state index contributed by atoms with van der Waals surface area (Å²) in [4.78, 5) is 25.6. The lowest BCUT2D eigenvalue weighted by Crippen LogP contribution is -2.30. The number of anilines is 2. The zero-order valence-electron chi connectivity index (χ0n) is 14.0. The van der Waals surface area contributed by atoms with Crippen LogP contribution in [0.4, 0.5) is 11.4 Å². The Morgan fingerprint density at radius 1 is 1.05 bits per heavy atom. The first kappa shape index (κ1) is 18.0. The van der Waals surface area contributed by atoms with E-state index >= 15 is 0 Å². The van der Waals surface area contributed by atoms with Crippen molar-refractivity contribution in [1.82, 2.24) is 5.32 Å². The molecule has 1 aromatic carbocycles. The molecule has 0 atom stereocenters. The van der Waals surface area contributed by atoms with E-state index in [1.165, 1.54) is 0 Å². The number of carbonyl (C=O) groups is 2. The Bertz CT molecular complexity index is 479. The van der Waals surface area contributed by atoms with Gasteiger partial charge >= 0.3 is 0 Å². The number of nitrogens with zero attached hydrogens (tertiary/aromatic N) is 1. The van der Waals surface area contributed by atoms with Crippen molar-refractivity contribution >= 4 is 23.2 Å². The second-order valence-corrected chi connectivity index (χ2v) is 5.64. The van der Waals surface area contributed by atoms with E-state index in [1.807, 2.05) is 38.1 Å². The van der Waals surface area contributed by atoms with Crippen molar-refractivity contribution in [2.24, 2.45) is 5.92 Å². The summed E-state index contributed by atoms with van der Waals surface area (Å²) >= 11 is 0. The molecule has 1 aromatic rings. The van der Waals surface area contributed by atoms with Crippen molar-refractivity contribution in [3.63, 3.8) is 0 Å². The topological polar surface area (TPSA) is 61.4 Å². The highest BCUT2D eigenvalue weighted by Gasteiger charge is 2.10. The zero-order chi connectivity index (χ0) is 16.5. The molecule has 2 amide bonds. The number of hydrogen-bond donors (Lipinski definition) is 2. The minimum Gasteiger partial charge on any atom is -0.372 e. The first-order valence-electron chi connectivity index (χ1n) is 7.87.